The number of carboxylic acid groups (broad SMARTS) is 1. The predicted octanol–water partition coefficient (Wildman–Crippen LogP) is -2.53. The number of hydrogen-bond donors (Lipinski definition) is 13. The van der Waals surface area contributed by atoms with Gasteiger partial charge in [-0.2, -0.15) is 0 Å². The fourth-order valence-corrected chi connectivity index (χ4v) is 8.10. The molecule has 25 heteroatoms. The molecule has 394 valence electrons. The summed E-state index contributed by atoms with van der Waals surface area (Å²) >= 11 is 0. The van der Waals surface area contributed by atoms with E-state index < -0.39 is 127 Å². The number of H-pyrrole nitrogens is 2. The van der Waals surface area contributed by atoms with Crippen LogP contribution in [0, 0.1) is 11.8 Å². The van der Waals surface area contributed by atoms with E-state index in [0.29, 0.717) is 28.6 Å². The van der Waals surface area contributed by atoms with Gasteiger partial charge in [0, 0.05) is 48.4 Å². The number of nitrogens with one attached hydrogen (secondary N) is 9. The Hall–Kier alpha value is -7.41. The second-order valence-corrected chi connectivity index (χ2v) is 18.6. The molecule has 0 bridgehead atoms. The number of aliphatic carboxylic acids is 1. The molecule has 1 aliphatic rings. The summed E-state index contributed by atoms with van der Waals surface area (Å²) in [6.07, 6.45) is 4.44. The molecular formula is C47H69N13O12. The summed E-state index contributed by atoms with van der Waals surface area (Å²) < 4.78 is 0. The lowest BCUT2D eigenvalue weighted by atomic mass is 10.00. The van der Waals surface area contributed by atoms with Crippen molar-refractivity contribution < 1.29 is 58.2 Å². The van der Waals surface area contributed by atoms with Crippen LogP contribution in [0.25, 0.3) is 10.9 Å². The molecule has 3 aromatic rings. The zero-order chi connectivity index (χ0) is 53.2. The largest absolute Gasteiger partial charge is 0.480 e. The van der Waals surface area contributed by atoms with Gasteiger partial charge >= 0.3 is 5.97 Å². The third-order valence-corrected chi connectivity index (χ3v) is 11.9. The van der Waals surface area contributed by atoms with E-state index in [-0.39, 0.29) is 56.9 Å². The van der Waals surface area contributed by atoms with Crippen LogP contribution in [0.4, 0.5) is 0 Å². The molecule has 3 heterocycles. The molecule has 1 saturated heterocycles. The molecule has 0 spiro atoms. The van der Waals surface area contributed by atoms with Crippen LogP contribution in [0.5, 0.6) is 0 Å². The predicted molar refractivity (Wildman–Crippen MR) is 259 cm³/mol. The first-order valence-corrected chi connectivity index (χ1v) is 23.9. The summed E-state index contributed by atoms with van der Waals surface area (Å²) in [6.45, 7) is 7.38. The van der Waals surface area contributed by atoms with Gasteiger partial charge in [0.05, 0.1) is 31.9 Å². The highest BCUT2D eigenvalue weighted by Gasteiger charge is 2.38. The quantitative estimate of drug-likeness (QED) is 0.0357. The average Bonchev–Trinajstić information content (AvgIpc) is 4.13. The Kier molecular flexibility index (Phi) is 21.6. The van der Waals surface area contributed by atoms with Gasteiger partial charge < -0.3 is 73.8 Å². The lowest BCUT2D eigenvalue weighted by Gasteiger charge is -2.28. The average molecular weight is 1010 g/mol. The summed E-state index contributed by atoms with van der Waals surface area (Å²) in [5.74, 6) is -9.12. The van der Waals surface area contributed by atoms with Crippen LogP contribution in [-0.4, -0.2) is 157 Å². The smallest absolute Gasteiger partial charge is 0.326 e. The van der Waals surface area contributed by atoms with Crippen LogP contribution < -0.4 is 48.7 Å². The molecule has 1 aliphatic heterocycles. The molecule has 1 aromatic carbocycles. The number of aliphatic hydroxyl groups is 1. The molecule has 2 aromatic heterocycles. The summed E-state index contributed by atoms with van der Waals surface area (Å²) in [7, 11) is 0. The highest BCUT2D eigenvalue weighted by molar-refractivity contribution is 5.99. The Morgan fingerprint density at radius 2 is 1.33 bits per heavy atom. The number of primary amides is 1. The maximum absolute atomic E-state index is 14.3. The van der Waals surface area contributed by atoms with Gasteiger partial charge in [-0.25, -0.2) is 9.78 Å². The zero-order valence-corrected chi connectivity index (χ0v) is 41.1. The standard InChI is InChI=1S/C47H69N13O12/c1-6-29(48)40(64)59-36(22-61)45(69)54-31(14-24(2)3)42(66)55-32(16-26-19-51-30-11-8-7-10-28(26)30)43(67)56-34(18-38(49)62)41(65)52-21-39(63)60-13-9-12-37(60)46(70)57-33(17-27-20-50-23-53-27)44(68)58-35(47(71)72)15-25(4)5/h7-8,10-11,19-20,23-25,29,31-37,51,61H,6,9,12-18,21-22,48H2,1-5H3,(H2,49,62)(H,50,53)(H,52,65)(H,54,69)(H,55,66)(H,56,67)(H,57,70)(H,58,68)(H,59,64)(H,71,72)/t29-,31-,32-,33-,34-,35-,36-,37-/m0/s1. The lowest BCUT2D eigenvalue weighted by Crippen LogP contribution is -2.60. The molecular weight excluding hydrogens is 939 g/mol. The third-order valence-electron chi connectivity index (χ3n) is 11.9. The van der Waals surface area contributed by atoms with Crippen LogP contribution in [0.3, 0.4) is 0 Å². The first-order chi connectivity index (χ1) is 34.1. The molecule has 72 heavy (non-hydrogen) atoms. The van der Waals surface area contributed by atoms with Crippen LogP contribution in [0.15, 0.2) is 43.0 Å². The van der Waals surface area contributed by atoms with Crippen molar-refractivity contribution in [3.05, 3.63) is 54.2 Å². The highest BCUT2D eigenvalue weighted by atomic mass is 16.4. The number of nitrogens with two attached hydrogens (primary N) is 2. The Morgan fingerprint density at radius 3 is 1.94 bits per heavy atom. The SMILES string of the molecule is CC[C@H](N)C(=O)N[C@@H](CO)C(=O)N[C@@H](CC(C)C)C(=O)N[C@@H](Cc1c[nH]c2ccccc12)C(=O)N[C@@H](CC(N)=O)C(=O)NCC(=O)N1CCC[C@H]1C(=O)N[C@@H](Cc1cnc[nH]1)C(=O)N[C@@H](CC(C)C)C(=O)O. The highest BCUT2D eigenvalue weighted by Crippen LogP contribution is 2.21. The Labute approximate surface area is 415 Å². The molecule has 1 fully saturated rings. The topological polar surface area (TPSA) is 395 Å². The van der Waals surface area contributed by atoms with E-state index in [2.05, 4.69) is 52.2 Å². The number of likely N-dealkylation sites (tertiary alicyclic amines) is 1. The van der Waals surface area contributed by atoms with Crippen molar-refractivity contribution in [3.63, 3.8) is 0 Å². The van der Waals surface area contributed by atoms with Gasteiger partial charge in [0.25, 0.3) is 0 Å². The van der Waals surface area contributed by atoms with Crippen LogP contribution in [-0.2, 0) is 60.8 Å². The molecule has 8 atom stereocenters. The van der Waals surface area contributed by atoms with E-state index in [4.69, 9.17) is 11.5 Å². The van der Waals surface area contributed by atoms with Crippen LogP contribution in [0.1, 0.15) is 84.4 Å². The third kappa shape index (κ3) is 16.9. The number of aromatic nitrogens is 3. The minimum absolute atomic E-state index is 0.0482. The number of amides is 9. The van der Waals surface area contributed by atoms with Crippen molar-refractivity contribution in [1.82, 2.24) is 57.1 Å². The van der Waals surface area contributed by atoms with E-state index in [9.17, 15) is 58.2 Å². The fraction of sp³-hybridized carbons (Fsp3) is 0.553. The monoisotopic (exact) mass is 1010 g/mol. The molecule has 15 N–H and O–H groups in total. The number of aliphatic hydroxyl groups excluding tert-OH is 1. The van der Waals surface area contributed by atoms with Gasteiger partial charge in [0.1, 0.15) is 42.3 Å². The number of fused-ring (bicyclic) bond motifs is 1. The normalized spacial score (nSPS) is 16.3. The molecule has 0 saturated carbocycles. The number of aromatic amines is 2. The van der Waals surface area contributed by atoms with Crippen molar-refractivity contribution in [2.75, 3.05) is 19.7 Å². The lowest BCUT2D eigenvalue weighted by molar-refractivity contribution is -0.143. The molecule has 0 radical (unpaired) electrons. The number of hydrogen-bond acceptors (Lipinski definition) is 13. The maximum Gasteiger partial charge on any atom is 0.326 e. The number of imidazole rings is 1. The fourth-order valence-electron chi connectivity index (χ4n) is 8.10. The Bertz CT molecular complexity index is 2390. The zero-order valence-electron chi connectivity index (χ0n) is 41.1. The number of nitrogens with zero attached hydrogens (tertiary/aromatic N) is 2. The van der Waals surface area contributed by atoms with Crippen molar-refractivity contribution in [1.29, 1.82) is 0 Å². The van der Waals surface area contributed by atoms with Crippen molar-refractivity contribution in [2.24, 2.45) is 23.3 Å². The van der Waals surface area contributed by atoms with Crippen molar-refractivity contribution in [3.8, 4) is 0 Å². The van der Waals surface area contributed by atoms with E-state index in [1.165, 1.54) is 17.4 Å². The Balaban J connectivity index is 1.51. The molecule has 0 unspecified atom stereocenters. The van der Waals surface area contributed by atoms with E-state index in [1.807, 2.05) is 0 Å². The summed E-state index contributed by atoms with van der Waals surface area (Å²) in [5, 5.41) is 38.0. The van der Waals surface area contributed by atoms with Crippen LogP contribution >= 0.6 is 0 Å². The number of carboxylic acids is 1. The Morgan fingerprint density at radius 1 is 0.750 bits per heavy atom. The van der Waals surface area contributed by atoms with Gasteiger partial charge in [-0.1, -0.05) is 52.8 Å². The molecule has 0 aliphatic carbocycles. The van der Waals surface area contributed by atoms with E-state index >= 15 is 0 Å². The minimum atomic E-state index is -1.68. The molecule has 4 rings (SSSR count). The van der Waals surface area contributed by atoms with Gasteiger partial charge in [0.15, 0.2) is 0 Å². The maximum atomic E-state index is 14.3. The van der Waals surface area contributed by atoms with Crippen molar-refractivity contribution >= 4 is 70.0 Å². The van der Waals surface area contributed by atoms with E-state index in [0.717, 1.165) is 0 Å². The van der Waals surface area contributed by atoms with Crippen molar-refractivity contribution in [2.45, 2.75) is 134 Å². The summed E-state index contributed by atoms with van der Waals surface area (Å²) in [6, 6.07) is -3.33. The second-order valence-electron chi connectivity index (χ2n) is 18.6. The molecule has 9 amide bonds. The number of benzene rings is 1. The number of rotatable bonds is 28. The number of carbonyl (C=O) groups is 10. The first-order valence-electron chi connectivity index (χ1n) is 23.9. The number of carbonyl (C=O) groups excluding carboxylic acids is 9. The second kappa shape index (κ2) is 27.3. The van der Waals surface area contributed by atoms with Gasteiger partial charge in [-0.15, -0.1) is 0 Å². The van der Waals surface area contributed by atoms with Crippen LogP contribution in [0.2, 0.25) is 0 Å². The van der Waals surface area contributed by atoms with Gasteiger partial charge in [-0.3, -0.25) is 43.2 Å². The summed E-state index contributed by atoms with van der Waals surface area (Å²) in [4.78, 5) is 144. The van der Waals surface area contributed by atoms with Gasteiger partial charge in [0.2, 0.25) is 53.2 Å². The number of para-hydroxylation sites is 1. The molecule has 25 nitrogen and oxygen atoms in total. The summed E-state index contributed by atoms with van der Waals surface area (Å²) in [5.41, 5.74) is 13.0. The van der Waals surface area contributed by atoms with E-state index in [1.54, 1.807) is 65.1 Å². The first kappa shape index (κ1) is 57.2. The minimum Gasteiger partial charge on any atom is -0.480 e. The van der Waals surface area contributed by atoms with Gasteiger partial charge in [-0.05, 0) is 55.6 Å².